The van der Waals surface area contributed by atoms with Crippen LogP contribution in [0.1, 0.15) is 5.56 Å². The fourth-order valence-corrected chi connectivity index (χ4v) is 5.17. The van der Waals surface area contributed by atoms with Crippen molar-refractivity contribution in [3.63, 3.8) is 0 Å². The normalized spacial score (nSPS) is 23.0. The van der Waals surface area contributed by atoms with Gasteiger partial charge < -0.3 is 10.0 Å². The fourth-order valence-electron chi connectivity index (χ4n) is 2.22. The topological polar surface area (TPSA) is 73.2 Å². The van der Waals surface area contributed by atoms with Gasteiger partial charge in [-0.25, -0.2) is 12.7 Å². The van der Waals surface area contributed by atoms with E-state index in [0.717, 1.165) is 4.31 Å². The Labute approximate surface area is 166 Å². The van der Waals surface area contributed by atoms with Gasteiger partial charge in [0.1, 0.15) is 4.90 Å². The summed E-state index contributed by atoms with van der Waals surface area (Å²) >= 11 is 13.6. The monoisotopic (exact) mass is 477 g/mol. The molecular weight excluding hydrogens is 461 g/mol. The summed E-state index contributed by atoms with van der Waals surface area (Å²) in [6.07, 6.45) is 0. The number of sulfonamides is 1. The maximum atomic E-state index is 12.4. The summed E-state index contributed by atoms with van der Waals surface area (Å²) in [7, 11) is 2.35. The van der Waals surface area contributed by atoms with E-state index in [4.69, 9.17) is 23.2 Å². The Morgan fingerprint density at radius 2 is 1.92 bits per heavy atom. The third-order valence-corrected chi connectivity index (χ3v) is 7.50. The molecule has 0 aliphatic carbocycles. The van der Waals surface area contributed by atoms with Gasteiger partial charge in [-0.3, -0.25) is 4.99 Å². The summed E-state index contributed by atoms with van der Waals surface area (Å²) < 4.78 is 25.9. The van der Waals surface area contributed by atoms with Crippen molar-refractivity contribution in [3.05, 3.63) is 27.7 Å². The number of hydrogen-bond acceptors (Lipinski definition) is 5. The van der Waals surface area contributed by atoms with E-state index in [-0.39, 0.29) is 43.2 Å². The molecular formula is C13H18BrCl2N3O3S2. The molecule has 0 bridgehead atoms. The molecule has 1 heterocycles. The summed E-state index contributed by atoms with van der Waals surface area (Å²) in [5.41, 5.74) is -1.18. The number of benzene rings is 1. The molecule has 6 nitrogen and oxygen atoms in total. The lowest BCUT2D eigenvalue weighted by atomic mass is 10.0. The van der Waals surface area contributed by atoms with Crippen LogP contribution in [0.15, 0.2) is 22.0 Å². The summed E-state index contributed by atoms with van der Waals surface area (Å²) in [5, 5.41) is 11.9. The Balaban J connectivity index is 0.00000288. The van der Waals surface area contributed by atoms with Crippen molar-refractivity contribution in [2.24, 2.45) is 4.99 Å². The van der Waals surface area contributed by atoms with Crippen LogP contribution >= 0.6 is 51.9 Å². The second-order valence-corrected chi connectivity index (χ2v) is 9.10. The van der Waals surface area contributed by atoms with E-state index in [2.05, 4.69) is 4.99 Å². The maximum absolute atomic E-state index is 12.4. The first-order valence-corrected chi connectivity index (χ1v) is 9.71. The number of aliphatic imine (C=N–C) groups is 1. The molecule has 1 fully saturated rings. The first-order valence-electron chi connectivity index (χ1n) is 6.53. The molecule has 0 radical (unpaired) electrons. The molecule has 24 heavy (non-hydrogen) atoms. The highest BCUT2D eigenvalue weighted by Crippen LogP contribution is 2.43. The highest BCUT2D eigenvalue weighted by molar-refractivity contribution is 8.93. The molecule has 1 aliphatic rings. The molecule has 1 atom stereocenters. The highest BCUT2D eigenvalue weighted by atomic mass is 79.9. The van der Waals surface area contributed by atoms with Crippen LogP contribution in [0.3, 0.4) is 0 Å². The minimum Gasteiger partial charge on any atom is -0.366 e. The average molecular weight is 479 g/mol. The smallest absolute Gasteiger partial charge is 0.244 e. The van der Waals surface area contributed by atoms with Crippen LogP contribution in [0, 0.1) is 0 Å². The maximum Gasteiger partial charge on any atom is 0.244 e. The van der Waals surface area contributed by atoms with Crippen molar-refractivity contribution in [2.45, 2.75) is 10.6 Å². The summed E-state index contributed by atoms with van der Waals surface area (Å²) in [6.45, 7) is 0. The Bertz CT molecular complexity index is 774. The van der Waals surface area contributed by atoms with Crippen LogP contribution < -0.4 is 0 Å². The number of rotatable bonds is 3. The van der Waals surface area contributed by atoms with Crippen molar-refractivity contribution in [1.29, 1.82) is 0 Å². The van der Waals surface area contributed by atoms with Crippen LogP contribution in [0.2, 0.25) is 10.0 Å². The predicted molar refractivity (Wildman–Crippen MR) is 105 cm³/mol. The molecule has 1 aromatic rings. The summed E-state index contributed by atoms with van der Waals surface area (Å²) in [6, 6.07) is 2.67. The van der Waals surface area contributed by atoms with Crippen LogP contribution in [0.25, 0.3) is 0 Å². The standard InChI is InChI=1S/C13H17Cl2N3O3S2.BrH/c1-16-12-18(4)13(19,7-22-12)8-5-11(10(15)6-9(8)14)23(20,21)17(2)3;/h5-6,19H,7H2,1-4H3;1H. The van der Waals surface area contributed by atoms with Crippen LogP contribution in [-0.4, -0.2) is 61.8 Å². The lowest BCUT2D eigenvalue weighted by Crippen LogP contribution is -2.42. The third kappa shape index (κ3) is 3.58. The van der Waals surface area contributed by atoms with Gasteiger partial charge in [0, 0.05) is 33.8 Å². The van der Waals surface area contributed by atoms with E-state index in [1.165, 1.54) is 38.0 Å². The largest absolute Gasteiger partial charge is 0.366 e. The van der Waals surface area contributed by atoms with E-state index < -0.39 is 15.7 Å². The van der Waals surface area contributed by atoms with E-state index in [1.54, 1.807) is 19.0 Å². The van der Waals surface area contributed by atoms with E-state index in [9.17, 15) is 13.5 Å². The quantitative estimate of drug-likeness (QED) is 0.722. The predicted octanol–water partition coefficient (Wildman–Crippen LogP) is 2.63. The van der Waals surface area contributed by atoms with Crippen molar-refractivity contribution < 1.29 is 13.5 Å². The number of nitrogens with zero attached hydrogens (tertiary/aromatic N) is 3. The molecule has 11 heteroatoms. The lowest BCUT2D eigenvalue weighted by molar-refractivity contribution is -0.0348. The van der Waals surface area contributed by atoms with Crippen LogP contribution in [-0.2, 0) is 15.7 Å². The van der Waals surface area contributed by atoms with Crippen LogP contribution in [0.4, 0.5) is 0 Å². The van der Waals surface area contributed by atoms with Crippen molar-refractivity contribution in [3.8, 4) is 0 Å². The lowest BCUT2D eigenvalue weighted by Gasteiger charge is -2.32. The molecule has 136 valence electrons. The molecule has 1 N–H and O–H groups in total. The number of thioether (sulfide) groups is 1. The molecule has 2 rings (SSSR count). The minimum absolute atomic E-state index is 0. The van der Waals surface area contributed by atoms with Gasteiger partial charge in [0.25, 0.3) is 0 Å². The van der Waals surface area contributed by atoms with Gasteiger partial charge >= 0.3 is 0 Å². The zero-order valence-corrected chi connectivity index (χ0v) is 18.3. The Morgan fingerprint density at radius 3 is 2.38 bits per heavy atom. The Morgan fingerprint density at radius 1 is 1.33 bits per heavy atom. The van der Waals surface area contributed by atoms with Crippen molar-refractivity contribution in [1.82, 2.24) is 9.21 Å². The second-order valence-electron chi connectivity index (χ2n) is 5.22. The minimum atomic E-state index is -3.76. The first-order chi connectivity index (χ1) is 10.6. The van der Waals surface area contributed by atoms with Gasteiger partial charge in [0.2, 0.25) is 10.0 Å². The molecule has 1 saturated heterocycles. The number of aliphatic hydroxyl groups is 1. The van der Waals surface area contributed by atoms with Gasteiger partial charge in [-0.05, 0) is 12.1 Å². The van der Waals surface area contributed by atoms with Gasteiger partial charge in [0.05, 0.1) is 15.8 Å². The van der Waals surface area contributed by atoms with Crippen molar-refractivity contribution >= 4 is 67.1 Å². The zero-order chi connectivity index (χ0) is 17.6. The molecule has 1 aliphatic heterocycles. The average Bonchev–Trinajstić information content (AvgIpc) is 2.74. The third-order valence-electron chi connectivity index (χ3n) is 3.65. The number of halogens is 3. The highest BCUT2D eigenvalue weighted by Gasteiger charge is 2.44. The molecule has 0 amide bonds. The van der Waals surface area contributed by atoms with Crippen molar-refractivity contribution in [2.75, 3.05) is 33.9 Å². The SMILES string of the molecule is Br.CN=C1SCC(O)(c2cc(S(=O)(=O)N(C)C)c(Cl)cc2Cl)N1C. The molecule has 0 saturated carbocycles. The molecule has 0 spiro atoms. The van der Waals surface area contributed by atoms with Crippen LogP contribution in [0.5, 0.6) is 0 Å². The van der Waals surface area contributed by atoms with Gasteiger partial charge in [-0.15, -0.1) is 17.0 Å². The van der Waals surface area contributed by atoms with Gasteiger partial charge in [0.15, 0.2) is 10.9 Å². The second kappa shape index (κ2) is 7.69. The molecule has 1 aromatic carbocycles. The van der Waals surface area contributed by atoms with E-state index in [1.807, 2.05) is 0 Å². The Hall–Kier alpha value is -0.0300. The molecule has 1 unspecified atom stereocenters. The zero-order valence-electron chi connectivity index (χ0n) is 13.4. The first kappa shape index (κ1) is 22.0. The van der Waals surface area contributed by atoms with Gasteiger partial charge in [-0.2, -0.15) is 0 Å². The Kier molecular flexibility index (Phi) is 7.05. The summed E-state index contributed by atoms with van der Waals surface area (Å²) in [4.78, 5) is 5.55. The summed E-state index contributed by atoms with van der Waals surface area (Å²) in [5.74, 6) is 0.277. The molecule has 0 aromatic heterocycles. The number of amidine groups is 1. The van der Waals surface area contributed by atoms with E-state index >= 15 is 0 Å². The van der Waals surface area contributed by atoms with Gasteiger partial charge in [-0.1, -0.05) is 35.0 Å². The number of hydrogen-bond donors (Lipinski definition) is 1. The van der Waals surface area contributed by atoms with E-state index in [0.29, 0.717) is 5.17 Å². The fraction of sp³-hybridized carbons (Fsp3) is 0.462.